The number of benzene rings is 2. The van der Waals surface area contributed by atoms with Crippen LogP contribution in [0.2, 0.25) is 10.0 Å². The number of nitrogens with zero attached hydrogens (tertiary/aromatic N) is 2. The third kappa shape index (κ3) is 3.09. The van der Waals surface area contributed by atoms with Gasteiger partial charge in [0.1, 0.15) is 0 Å². The molecule has 1 N–H and O–H groups in total. The smallest absolute Gasteiger partial charge is 0.0954 e. The molecule has 5 heteroatoms. The molecule has 0 saturated carbocycles. The quantitative estimate of drug-likeness (QED) is 0.484. The molecule has 2 heterocycles. The first-order chi connectivity index (χ1) is 12.2. The SMILES string of the molecule is Clc1ccc(C(c2c[nH]cc2-c2ccccc2)n2ccnc2)c(Cl)c1. The van der Waals surface area contributed by atoms with Crippen LogP contribution in [0, 0.1) is 0 Å². The fourth-order valence-electron chi connectivity index (χ4n) is 3.10. The van der Waals surface area contributed by atoms with Crippen molar-refractivity contribution in [1.29, 1.82) is 0 Å². The summed E-state index contributed by atoms with van der Waals surface area (Å²) in [5.74, 6) is 0. The van der Waals surface area contributed by atoms with Gasteiger partial charge in [0.15, 0.2) is 0 Å². The Bertz CT molecular complexity index is 975. The summed E-state index contributed by atoms with van der Waals surface area (Å²) in [5, 5.41) is 1.25. The van der Waals surface area contributed by atoms with Crippen LogP contribution >= 0.6 is 23.2 Å². The first-order valence-corrected chi connectivity index (χ1v) is 8.64. The number of aromatic nitrogens is 3. The summed E-state index contributed by atoms with van der Waals surface area (Å²) in [6, 6.07) is 15.8. The molecular formula is C20H15Cl2N3. The van der Waals surface area contributed by atoms with Crippen LogP contribution < -0.4 is 0 Å². The number of H-pyrrole nitrogens is 1. The lowest BCUT2D eigenvalue weighted by Gasteiger charge is -2.21. The van der Waals surface area contributed by atoms with Crippen LogP contribution in [0.1, 0.15) is 17.2 Å². The van der Waals surface area contributed by atoms with Gasteiger partial charge in [0.25, 0.3) is 0 Å². The number of halogens is 2. The van der Waals surface area contributed by atoms with Gasteiger partial charge in [0, 0.05) is 46.0 Å². The highest BCUT2D eigenvalue weighted by Gasteiger charge is 2.23. The van der Waals surface area contributed by atoms with Gasteiger partial charge in [-0.1, -0.05) is 59.6 Å². The molecule has 1 atom stereocenters. The summed E-state index contributed by atoms with van der Waals surface area (Å²) in [4.78, 5) is 7.45. The van der Waals surface area contributed by atoms with Crippen LogP contribution in [-0.2, 0) is 0 Å². The summed E-state index contributed by atoms with van der Waals surface area (Å²) in [5.41, 5.74) is 4.37. The normalized spacial score (nSPS) is 12.2. The topological polar surface area (TPSA) is 33.6 Å². The maximum Gasteiger partial charge on any atom is 0.0954 e. The van der Waals surface area contributed by atoms with Crippen molar-refractivity contribution in [2.45, 2.75) is 6.04 Å². The minimum atomic E-state index is -0.103. The first-order valence-electron chi connectivity index (χ1n) is 7.88. The Kier molecular flexibility index (Phi) is 4.35. The summed E-state index contributed by atoms with van der Waals surface area (Å²) in [7, 11) is 0. The Morgan fingerprint density at radius 1 is 0.960 bits per heavy atom. The van der Waals surface area contributed by atoms with Crippen molar-refractivity contribution in [3.8, 4) is 11.1 Å². The van der Waals surface area contributed by atoms with Gasteiger partial charge in [-0.3, -0.25) is 0 Å². The molecule has 2 aromatic heterocycles. The van der Waals surface area contributed by atoms with E-state index in [-0.39, 0.29) is 6.04 Å². The third-order valence-corrected chi connectivity index (χ3v) is 4.80. The van der Waals surface area contributed by atoms with E-state index in [1.54, 1.807) is 18.6 Å². The fraction of sp³-hybridized carbons (Fsp3) is 0.0500. The van der Waals surface area contributed by atoms with Crippen LogP contribution in [0.3, 0.4) is 0 Å². The zero-order valence-corrected chi connectivity index (χ0v) is 14.7. The Balaban J connectivity index is 1.91. The highest BCUT2D eigenvalue weighted by atomic mass is 35.5. The maximum absolute atomic E-state index is 6.53. The molecule has 124 valence electrons. The Hall–Kier alpha value is -2.49. The van der Waals surface area contributed by atoms with Crippen LogP contribution in [0.15, 0.2) is 79.6 Å². The van der Waals surface area contributed by atoms with E-state index in [2.05, 4.69) is 22.1 Å². The predicted molar refractivity (Wildman–Crippen MR) is 102 cm³/mol. The number of nitrogens with one attached hydrogen (secondary N) is 1. The molecule has 4 aromatic rings. The van der Waals surface area contributed by atoms with Crippen molar-refractivity contribution in [1.82, 2.24) is 14.5 Å². The number of rotatable bonds is 4. The summed E-state index contributed by atoms with van der Waals surface area (Å²) >= 11 is 12.6. The van der Waals surface area contributed by atoms with E-state index >= 15 is 0 Å². The predicted octanol–water partition coefficient (Wildman–Crippen LogP) is 5.82. The second-order valence-electron chi connectivity index (χ2n) is 5.77. The molecule has 0 radical (unpaired) electrons. The summed E-state index contributed by atoms with van der Waals surface area (Å²) in [6.45, 7) is 0. The number of hydrogen-bond acceptors (Lipinski definition) is 1. The van der Waals surface area contributed by atoms with E-state index < -0.39 is 0 Å². The van der Waals surface area contributed by atoms with Crippen molar-refractivity contribution in [3.05, 3.63) is 101 Å². The molecule has 25 heavy (non-hydrogen) atoms. The minimum absolute atomic E-state index is 0.103. The van der Waals surface area contributed by atoms with Crippen LogP contribution in [0.5, 0.6) is 0 Å². The average molecular weight is 368 g/mol. The second kappa shape index (κ2) is 6.79. The number of aromatic amines is 1. The fourth-order valence-corrected chi connectivity index (χ4v) is 3.62. The van der Waals surface area contributed by atoms with Gasteiger partial charge in [-0.2, -0.15) is 0 Å². The molecule has 0 saturated heterocycles. The molecule has 2 aromatic carbocycles. The zero-order valence-electron chi connectivity index (χ0n) is 13.2. The lowest BCUT2D eigenvalue weighted by molar-refractivity contribution is 0.679. The molecule has 0 aliphatic rings. The van der Waals surface area contributed by atoms with E-state index in [4.69, 9.17) is 23.2 Å². The monoisotopic (exact) mass is 367 g/mol. The van der Waals surface area contributed by atoms with Crippen molar-refractivity contribution in [2.75, 3.05) is 0 Å². The molecular weight excluding hydrogens is 353 g/mol. The van der Waals surface area contributed by atoms with Crippen LogP contribution in [-0.4, -0.2) is 14.5 Å². The average Bonchev–Trinajstić information content (AvgIpc) is 3.30. The molecule has 1 unspecified atom stereocenters. The van der Waals surface area contributed by atoms with Gasteiger partial charge < -0.3 is 9.55 Å². The lowest BCUT2D eigenvalue weighted by atomic mass is 9.94. The van der Waals surface area contributed by atoms with Gasteiger partial charge in [0.2, 0.25) is 0 Å². The van der Waals surface area contributed by atoms with Gasteiger partial charge in [0.05, 0.1) is 12.4 Å². The summed E-state index contributed by atoms with van der Waals surface area (Å²) < 4.78 is 2.05. The van der Waals surface area contributed by atoms with Gasteiger partial charge in [-0.25, -0.2) is 4.98 Å². The molecule has 0 aliphatic carbocycles. The van der Waals surface area contributed by atoms with E-state index in [9.17, 15) is 0 Å². The molecule has 0 aliphatic heterocycles. The van der Waals surface area contributed by atoms with Gasteiger partial charge >= 0.3 is 0 Å². The Morgan fingerprint density at radius 3 is 2.52 bits per heavy atom. The molecule has 0 amide bonds. The van der Waals surface area contributed by atoms with Crippen molar-refractivity contribution in [3.63, 3.8) is 0 Å². The largest absolute Gasteiger partial charge is 0.367 e. The van der Waals surface area contributed by atoms with Crippen molar-refractivity contribution in [2.24, 2.45) is 0 Å². The molecule has 4 rings (SSSR count). The van der Waals surface area contributed by atoms with Crippen LogP contribution in [0.4, 0.5) is 0 Å². The van der Waals surface area contributed by atoms with E-state index in [1.165, 1.54) is 0 Å². The Labute approximate surface area is 155 Å². The standard InChI is InChI=1S/C20H15Cl2N3/c21-15-6-7-16(19(22)10-15)20(25-9-8-23-13-25)18-12-24-11-17(18)14-4-2-1-3-5-14/h1-13,20,24H. The highest BCUT2D eigenvalue weighted by molar-refractivity contribution is 6.35. The zero-order chi connectivity index (χ0) is 17.2. The molecule has 0 spiro atoms. The van der Waals surface area contributed by atoms with E-state index in [0.29, 0.717) is 10.0 Å². The van der Waals surface area contributed by atoms with Gasteiger partial charge in [-0.15, -0.1) is 0 Å². The summed E-state index contributed by atoms with van der Waals surface area (Å²) in [6.07, 6.45) is 9.54. The second-order valence-corrected chi connectivity index (χ2v) is 6.61. The van der Waals surface area contributed by atoms with Crippen molar-refractivity contribution < 1.29 is 0 Å². The maximum atomic E-state index is 6.53. The van der Waals surface area contributed by atoms with Gasteiger partial charge in [-0.05, 0) is 23.3 Å². The first kappa shape index (κ1) is 16.0. The molecule has 0 fully saturated rings. The van der Waals surface area contributed by atoms with Crippen molar-refractivity contribution >= 4 is 23.2 Å². The number of hydrogen-bond donors (Lipinski definition) is 1. The highest BCUT2D eigenvalue weighted by Crippen LogP contribution is 2.38. The van der Waals surface area contributed by atoms with E-state index in [0.717, 1.165) is 22.3 Å². The minimum Gasteiger partial charge on any atom is -0.367 e. The number of imidazole rings is 1. The molecule has 0 bridgehead atoms. The third-order valence-electron chi connectivity index (χ3n) is 4.24. The molecule has 3 nitrogen and oxygen atoms in total. The Morgan fingerprint density at radius 2 is 1.80 bits per heavy atom. The lowest BCUT2D eigenvalue weighted by Crippen LogP contribution is -2.11. The van der Waals surface area contributed by atoms with E-state index in [1.807, 2.05) is 53.5 Å². The van der Waals surface area contributed by atoms with Crippen LogP contribution in [0.25, 0.3) is 11.1 Å².